The fourth-order valence-corrected chi connectivity index (χ4v) is 1.51. The highest BCUT2D eigenvalue weighted by Gasteiger charge is 2.15. The lowest BCUT2D eigenvalue weighted by atomic mass is 10.1. The molecule has 5 heteroatoms. The molecule has 0 unspecified atom stereocenters. The number of aromatic hydroxyl groups is 1. The third kappa shape index (κ3) is 5.50. The van der Waals surface area contributed by atoms with Crippen LogP contribution in [0.4, 0.5) is 4.79 Å². The highest BCUT2D eigenvalue weighted by Crippen LogP contribution is 2.26. The lowest BCUT2D eigenvalue weighted by Crippen LogP contribution is -2.33. The molecule has 1 aromatic rings. The van der Waals surface area contributed by atoms with E-state index in [1.54, 1.807) is 12.1 Å². The molecular weight excluding hydrogens is 246 g/mol. The largest absolute Gasteiger partial charge is 0.504 e. The number of methoxy groups -OCH3 is 1. The fourth-order valence-electron chi connectivity index (χ4n) is 1.51. The molecule has 2 N–H and O–H groups in total. The van der Waals surface area contributed by atoms with Gasteiger partial charge in [0.2, 0.25) is 0 Å². The Kier molecular flexibility index (Phi) is 5.03. The molecule has 0 saturated heterocycles. The second-order valence-corrected chi connectivity index (χ2v) is 5.18. The first kappa shape index (κ1) is 15.1. The van der Waals surface area contributed by atoms with Gasteiger partial charge < -0.3 is 19.9 Å². The van der Waals surface area contributed by atoms with E-state index in [-0.39, 0.29) is 5.75 Å². The highest BCUT2D eigenvalue weighted by atomic mass is 16.6. The van der Waals surface area contributed by atoms with Gasteiger partial charge in [0.15, 0.2) is 11.5 Å². The predicted molar refractivity (Wildman–Crippen MR) is 72.6 cm³/mol. The number of alkyl carbamates (subject to hydrolysis) is 1. The summed E-state index contributed by atoms with van der Waals surface area (Å²) in [7, 11) is 1.50. The van der Waals surface area contributed by atoms with Crippen LogP contribution in [0.3, 0.4) is 0 Å². The van der Waals surface area contributed by atoms with Crippen molar-refractivity contribution in [3.63, 3.8) is 0 Å². The van der Waals surface area contributed by atoms with E-state index in [0.29, 0.717) is 18.7 Å². The molecule has 0 spiro atoms. The molecule has 0 aliphatic carbocycles. The van der Waals surface area contributed by atoms with E-state index < -0.39 is 11.7 Å². The number of benzene rings is 1. The van der Waals surface area contributed by atoms with Crippen LogP contribution in [0.25, 0.3) is 0 Å². The van der Waals surface area contributed by atoms with Crippen LogP contribution in [-0.4, -0.2) is 30.5 Å². The number of hydrogen-bond donors (Lipinski definition) is 2. The molecule has 0 aliphatic heterocycles. The Balaban J connectivity index is 2.41. The zero-order chi connectivity index (χ0) is 14.5. The van der Waals surface area contributed by atoms with Gasteiger partial charge >= 0.3 is 6.09 Å². The van der Waals surface area contributed by atoms with E-state index in [2.05, 4.69) is 5.32 Å². The molecule has 1 rings (SSSR count). The molecule has 19 heavy (non-hydrogen) atoms. The summed E-state index contributed by atoms with van der Waals surface area (Å²) in [5.41, 5.74) is 0.414. The number of hydrogen-bond acceptors (Lipinski definition) is 4. The quantitative estimate of drug-likeness (QED) is 0.879. The van der Waals surface area contributed by atoms with Gasteiger partial charge in [-0.1, -0.05) is 6.07 Å². The summed E-state index contributed by atoms with van der Waals surface area (Å²) in [6, 6.07) is 5.16. The molecule has 1 aromatic carbocycles. The van der Waals surface area contributed by atoms with E-state index in [0.717, 1.165) is 5.56 Å². The van der Waals surface area contributed by atoms with Gasteiger partial charge in [-0.3, -0.25) is 0 Å². The molecular formula is C14H21NO4. The van der Waals surface area contributed by atoms with Crippen molar-refractivity contribution >= 4 is 6.09 Å². The summed E-state index contributed by atoms with van der Waals surface area (Å²) in [5, 5.41) is 12.3. The fraction of sp³-hybridized carbons (Fsp3) is 0.500. The second-order valence-electron chi connectivity index (χ2n) is 5.18. The number of carbonyl (C=O) groups is 1. The van der Waals surface area contributed by atoms with Gasteiger partial charge in [0.25, 0.3) is 0 Å². The van der Waals surface area contributed by atoms with Gasteiger partial charge in [-0.15, -0.1) is 0 Å². The van der Waals surface area contributed by atoms with Crippen molar-refractivity contribution in [2.75, 3.05) is 13.7 Å². The van der Waals surface area contributed by atoms with Crippen molar-refractivity contribution in [2.24, 2.45) is 0 Å². The van der Waals surface area contributed by atoms with Crippen molar-refractivity contribution < 1.29 is 19.4 Å². The first-order valence-corrected chi connectivity index (χ1v) is 6.14. The van der Waals surface area contributed by atoms with Gasteiger partial charge in [0.05, 0.1) is 7.11 Å². The van der Waals surface area contributed by atoms with Crippen LogP contribution in [0.15, 0.2) is 18.2 Å². The van der Waals surface area contributed by atoms with Crippen molar-refractivity contribution in [2.45, 2.75) is 32.8 Å². The summed E-state index contributed by atoms with van der Waals surface area (Å²) in [6.45, 7) is 5.89. The maximum Gasteiger partial charge on any atom is 0.407 e. The topological polar surface area (TPSA) is 67.8 Å². The Bertz CT molecular complexity index is 438. The van der Waals surface area contributed by atoms with Crippen LogP contribution in [0, 0.1) is 0 Å². The summed E-state index contributed by atoms with van der Waals surface area (Å²) >= 11 is 0. The Morgan fingerprint density at radius 3 is 2.58 bits per heavy atom. The molecule has 0 saturated carbocycles. The van der Waals surface area contributed by atoms with Crippen molar-refractivity contribution in [1.29, 1.82) is 0 Å². The highest BCUT2D eigenvalue weighted by molar-refractivity contribution is 5.67. The third-order valence-corrected chi connectivity index (χ3v) is 2.33. The molecule has 5 nitrogen and oxygen atoms in total. The smallest absolute Gasteiger partial charge is 0.407 e. The monoisotopic (exact) mass is 267 g/mol. The van der Waals surface area contributed by atoms with Crippen molar-refractivity contribution in [1.82, 2.24) is 5.32 Å². The number of nitrogens with one attached hydrogen (secondary N) is 1. The number of rotatable bonds is 4. The number of carbonyl (C=O) groups excluding carboxylic acids is 1. The zero-order valence-electron chi connectivity index (χ0n) is 11.8. The molecule has 0 aliphatic rings. The minimum absolute atomic E-state index is 0.0947. The Morgan fingerprint density at radius 1 is 1.37 bits per heavy atom. The first-order chi connectivity index (χ1) is 8.81. The molecule has 0 bridgehead atoms. The van der Waals surface area contributed by atoms with Crippen molar-refractivity contribution in [3.05, 3.63) is 23.8 Å². The number of phenols is 1. The van der Waals surface area contributed by atoms with Crippen LogP contribution in [0.2, 0.25) is 0 Å². The maximum absolute atomic E-state index is 11.4. The van der Waals surface area contributed by atoms with Gasteiger partial charge in [-0.05, 0) is 44.9 Å². The number of amides is 1. The van der Waals surface area contributed by atoms with E-state index in [4.69, 9.17) is 9.47 Å². The second kappa shape index (κ2) is 6.31. The Labute approximate surface area is 113 Å². The predicted octanol–water partition coefficient (Wildman–Crippen LogP) is 2.47. The normalized spacial score (nSPS) is 10.9. The van der Waals surface area contributed by atoms with E-state index in [1.165, 1.54) is 7.11 Å². The third-order valence-electron chi connectivity index (χ3n) is 2.33. The van der Waals surface area contributed by atoms with Crippen LogP contribution in [0.5, 0.6) is 11.5 Å². The van der Waals surface area contributed by atoms with E-state index >= 15 is 0 Å². The molecule has 0 fully saturated rings. The van der Waals surface area contributed by atoms with E-state index in [1.807, 2.05) is 26.8 Å². The Morgan fingerprint density at radius 2 is 2.05 bits per heavy atom. The average Bonchev–Trinajstić information content (AvgIpc) is 2.26. The summed E-state index contributed by atoms with van der Waals surface area (Å²) in [5.74, 6) is 0.529. The summed E-state index contributed by atoms with van der Waals surface area (Å²) < 4.78 is 10.1. The maximum atomic E-state index is 11.4. The number of ether oxygens (including phenoxy) is 2. The van der Waals surface area contributed by atoms with Crippen LogP contribution < -0.4 is 10.1 Å². The minimum Gasteiger partial charge on any atom is -0.504 e. The summed E-state index contributed by atoms with van der Waals surface area (Å²) in [6.07, 6.45) is 0.168. The van der Waals surface area contributed by atoms with Crippen LogP contribution in [-0.2, 0) is 11.2 Å². The molecule has 106 valence electrons. The molecule has 1 amide bonds. The van der Waals surface area contributed by atoms with Crippen LogP contribution >= 0.6 is 0 Å². The SMILES string of the molecule is COc1ccc(CCNC(=O)OC(C)(C)C)cc1O. The zero-order valence-corrected chi connectivity index (χ0v) is 11.8. The average molecular weight is 267 g/mol. The molecule has 0 aromatic heterocycles. The molecule has 0 heterocycles. The van der Waals surface area contributed by atoms with Gasteiger partial charge in [-0.25, -0.2) is 4.79 Å². The minimum atomic E-state index is -0.498. The number of phenolic OH excluding ortho intramolecular Hbond substituents is 1. The lowest BCUT2D eigenvalue weighted by molar-refractivity contribution is 0.0528. The standard InChI is InChI=1S/C14H21NO4/c1-14(2,3)19-13(17)15-8-7-10-5-6-12(18-4)11(16)9-10/h5-6,9,16H,7-8H2,1-4H3,(H,15,17). The summed E-state index contributed by atoms with van der Waals surface area (Å²) in [4.78, 5) is 11.4. The van der Waals surface area contributed by atoms with Crippen molar-refractivity contribution in [3.8, 4) is 11.5 Å². The van der Waals surface area contributed by atoms with E-state index in [9.17, 15) is 9.90 Å². The van der Waals surface area contributed by atoms with Gasteiger partial charge in [-0.2, -0.15) is 0 Å². The van der Waals surface area contributed by atoms with Gasteiger partial charge in [0.1, 0.15) is 5.60 Å². The van der Waals surface area contributed by atoms with Gasteiger partial charge in [0, 0.05) is 6.54 Å². The molecule has 0 radical (unpaired) electrons. The first-order valence-electron chi connectivity index (χ1n) is 6.14. The lowest BCUT2D eigenvalue weighted by Gasteiger charge is -2.19. The van der Waals surface area contributed by atoms with Crippen LogP contribution in [0.1, 0.15) is 26.3 Å². The Hall–Kier alpha value is -1.91. The molecule has 0 atom stereocenters.